The molecule has 0 radical (unpaired) electrons. The standard InChI is InChI=1S/C17H27NO3S/c1-15(9-10-16-6-3-2-4-7-16)18-22(19,20)13-11-17-8-5-12-21-14-17/h2-4,6-7,15,17-18H,5,8-14H2,1H3. The van der Waals surface area contributed by atoms with Crippen molar-refractivity contribution in [2.45, 2.75) is 45.1 Å². The smallest absolute Gasteiger partial charge is 0.211 e. The minimum Gasteiger partial charge on any atom is -0.381 e. The van der Waals surface area contributed by atoms with Crippen LogP contribution in [0.2, 0.25) is 0 Å². The average Bonchev–Trinajstić information content (AvgIpc) is 2.53. The molecule has 4 nitrogen and oxygen atoms in total. The van der Waals surface area contributed by atoms with Crippen molar-refractivity contribution in [3.63, 3.8) is 0 Å². The van der Waals surface area contributed by atoms with Gasteiger partial charge in [0.15, 0.2) is 0 Å². The van der Waals surface area contributed by atoms with Crippen molar-refractivity contribution in [3.8, 4) is 0 Å². The molecule has 1 fully saturated rings. The Morgan fingerprint density at radius 3 is 2.77 bits per heavy atom. The molecule has 1 aromatic carbocycles. The topological polar surface area (TPSA) is 55.4 Å². The molecule has 0 spiro atoms. The highest BCUT2D eigenvalue weighted by atomic mass is 32.2. The molecule has 0 bridgehead atoms. The summed E-state index contributed by atoms with van der Waals surface area (Å²) in [5.41, 5.74) is 1.24. The number of nitrogens with one attached hydrogen (secondary N) is 1. The second kappa shape index (κ2) is 8.65. The lowest BCUT2D eigenvalue weighted by Crippen LogP contribution is -2.35. The number of ether oxygens (including phenoxy) is 1. The molecule has 1 aliphatic heterocycles. The Hall–Kier alpha value is -0.910. The van der Waals surface area contributed by atoms with Crippen LogP contribution in [0.5, 0.6) is 0 Å². The third-order valence-electron chi connectivity index (χ3n) is 4.14. The fourth-order valence-corrected chi connectivity index (χ4v) is 4.30. The van der Waals surface area contributed by atoms with E-state index in [9.17, 15) is 8.42 Å². The lowest BCUT2D eigenvalue weighted by atomic mass is 10.00. The molecule has 2 atom stereocenters. The van der Waals surface area contributed by atoms with Gasteiger partial charge in [-0.1, -0.05) is 30.3 Å². The zero-order chi connectivity index (χ0) is 15.8. The van der Waals surface area contributed by atoms with Crippen molar-refractivity contribution in [2.24, 2.45) is 5.92 Å². The lowest BCUT2D eigenvalue weighted by molar-refractivity contribution is 0.0538. The van der Waals surface area contributed by atoms with Crippen LogP contribution in [0.3, 0.4) is 0 Å². The predicted octanol–water partition coefficient (Wildman–Crippen LogP) is 2.74. The second-order valence-corrected chi connectivity index (χ2v) is 8.11. The van der Waals surface area contributed by atoms with Crippen LogP contribution in [0.4, 0.5) is 0 Å². The molecular weight excluding hydrogens is 298 g/mol. The van der Waals surface area contributed by atoms with Gasteiger partial charge in [0.25, 0.3) is 0 Å². The highest BCUT2D eigenvalue weighted by molar-refractivity contribution is 7.89. The molecule has 1 aliphatic rings. The van der Waals surface area contributed by atoms with E-state index in [-0.39, 0.29) is 11.8 Å². The van der Waals surface area contributed by atoms with E-state index in [2.05, 4.69) is 16.9 Å². The van der Waals surface area contributed by atoms with Crippen molar-refractivity contribution >= 4 is 10.0 Å². The number of hydrogen-bond acceptors (Lipinski definition) is 3. The van der Waals surface area contributed by atoms with Crippen molar-refractivity contribution in [1.29, 1.82) is 0 Å². The minimum absolute atomic E-state index is 0.0344. The molecule has 1 N–H and O–H groups in total. The van der Waals surface area contributed by atoms with Gasteiger partial charge < -0.3 is 4.74 Å². The van der Waals surface area contributed by atoms with E-state index in [1.807, 2.05) is 25.1 Å². The van der Waals surface area contributed by atoms with E-state index in [0.717, 1.165) is 32.3 Å². The molecule has 2 rings (SSSR count). The maximum absolute atomic E-state index is 12.1. The molecule has 1 heterocycles. The molecule has 124 valence electrons. The van der Waals surface area contributed by atoms with Gasteiger partial charge in [0, 0.05) is 19.3 Å². The van der Waals surface area contributed by atoms with Gasteiger partial charge >= 0.3 is 0 Å². The molecule has 0 aliphatic carbocycles. The second-order valence-electron chi connectivity index (χ2n) is 6.23. The molecule has 1 saturated heterocycles. The number of rotatable bonds is 8. The molecule has 2 unspecified atom stereocenters. The molecule has 0 saturated carbocycles. The quantitative estimate of drug-likeness (QED) is 0.799. The van der Waals surface area contributed by atoms with E-state index in [4.69, 9.17) is 4.74 Å². The first kappa shape index (κ1) is 17.4. The molecule has 22 heavy (non-hydrogen) atoms. The number of sulfonamides is 1. The van der Waals surface area contributed by atoms with Gasteiger partial charge in [-0.25, -0.2) is 13.1 Å². The van der Waals surface area contributed by atoms with Crippen LogP contribution in [-0.2, 0) is 21.2 Å². The predicted molar refractivity (Wildman–Crippen MR) is 89.3 cm³/mol. The van der Waals surface area contributed by atoms with Gasteiger partial charge in [0.1, 0.15) is 0 Å². The highest BCUT2D eigenvalue weighted by Gasteiger charge is 2.19. The van der Waals surface area contributed by atoms with Crippen LogP contribution in [0.1, 0.15) is 38.2 Å². The van der Waals surface area contributed by atoms with Crippen molar-refractivity contribution in [2.75, 3.05) is 19.0 Å². The molecule has 1 aromatic rings. The Kier molecular flexibility index (Phi) is 6.86. The van der Waals surface area contributed by atoms with E-state index in [1.165, 1.54) is 5.56 Å². The number of hydrogen-bond donors (Lipinski definition) is 1. The summed E-state index contributed by atoms with van der Waals surface area (Å²) >= 11 is 0. The van der Waals surface area contributed by atoms with E-state index in [1.54, 1.807) is 0 Å². The molecule has 0 aromatic heterocycles. The Morgan fingerprint density at radius 2 is 2.09 bits per heavy atom. The summed E-state index contributed by atoms with van der Waals surface area (Å²) in [6, 6.07) is 10.1. The Labute approximate surface area is 134 Å². The van der Waals surface area contributed by atoms with E-state index < -0.39 is 10.0 Å². The van der Waals surface area contributed by atoms with Crippen LogP contribution in [0.15, 0.2) is 30.3 Å². The summed E-state index contributed by atoms with van der Waals surface area (Å²) in [5.74, 6) is 0.599. The molecule has 0 amide bonds. The Morgan fingerprint density at radius 1 is 1.32 bits per heavy atom. The minimum atomic E-state index is -3.19. The van der Waals surface area contributed by atoms with Crippen LogP contribution in [0.25, 0.3) is 0 Å². The third-order valence-corrected chi connectivity index (χ3v) is 5.67. The van der Waals surface area contributed by atoms with Gasteiger partial charge in [-0.15, -0.1) is 0 Å². The van der Waals surface area contributed by atoms with Gasteiger partial charge in [-0.05, 0) is 50.5 Å². The first-order valence-corrected chi connectivity index (χ1v) is 9.82. The van der Waals surface area contributed by atoms with Gasteiger partial charge in [0.2, 0.25) is 10.0 Å². The van der Waals surface area contributed by atoms with Crippen LogP contribution >= 0.6 is 0 Å². The average molecular weight is 325 g/mol. The maximum Gasteiger partial charge on any atom is 0.211 e. The number of benzene rings is 1. The zero-order valence-electron chi connectivity index (χ0n) is 13.3. The van der Waals surface area contributed by atoms with Gasteiger partial charge in [-0.2, -0.15) is 0 Å². The summed E-state index contributed by atoms with van der Waals surface area (Å²) in [6.07, 6.45) is 4.53. The fraction of sp³-hybridized carbons (Fsp3) is 0.647. The SMILES string of the molecule is CC(CCc1ccccc1)NS(=O)(=O)CCC1CCCOC1. The largest absolute Gasteiger partial charge is 0.381 e. The fourth-order valence-electron chi connectivity index (χ4n) is 2.81. The Balaban J connectivity index is 1.70. The van der Waals surface area contributed by atoms with Crippen LogP contribution in [-0.4, -0.2) is 33.4 Å². The number of aryl methyl sites for hydroxylation is 1. The van der Waals surface area contributed by atoms with E-state index in [0.29, 0.717) is 18.9 Å². The summed E-state index contributed by atoms with van der Waals surface area (Å²) < 4.78 is 32.5. The third kappa shape index (κ3) is 6.46. The van der Waals surface area contributed by atoms with Gasteiger partial charge in [-0.3, -0.25) is 0 Å². The first-order chi connectivity index (χ1) is 10.6. The van der Waals surface area contributed by atoms with Crippen molar-refractivity contribution in [3.05, 3.63) is 35.9 Å². The Bertz CT molecular complexity index is 524. The molecule has 5 heteroatoms. The highest BCUT2D eigenvalue weighted by Crippen LogP contribution is 2.17. The summed E-state index contributed by atoms with van der Waals surface area (Å²) in [7, 11) is -3.19. The van der Waals surface area contributed by atoms with Crippen LogP contribution < -0.4 is 4.72 Å². The van der Waals surface area contributed by atoms with Crippen molar-refractivity contribution < 1.29 is 13.2 Å². The summed E-state index contributed by atoms with van der Waals surface area (Å²) in [4.78, 5) is 0. The summed E-state index contributed by atoms with van der Waals surface area (Å²) in [6.45, 7) is 3.46. The van der Waals surface area contributed by atoms with Crippen LogP contribution in [0, 0.1) is 5.92 Å². The van der Waals surface area contributed by atoms with E-state index >= 15 is 0 Å². The first-order valence-electron chi connectivity index (χ1n) is 8.17. The van der Waals surface area contributed by atoms with Crippen molar-refractivity contribution in [1.82, 2.24) is 4.72 Å². The monoisotopic (exact) mass is 325 g/mol. The zero-order valence-corrected chi connectivity index (χ0v) is 14.1. The maximum atomic E-state index is 12.1. The molecular formula is C17H27NO3S. The van der Waals surface area contributed by atoms with Gasteiger partial charge in [0.05, 0.1) is 5.75 Å². The normalized spacial score (nSPS) is 20.7. The summed E-state index contributed by atoms with van der Waals surface area (Å²) in [5, 5.41) is 0. The lowest BCUT2D eigenvalue weighted by Gasteiger charge is -2.22.